The van der Waals surface area contributed by atoms with Crippen LogP contribution < -0.4 is 4.72 Å². The summed E-state index contributed by atoms with van der Waals surface area (Å²) in [6.07, 6.45) is 0. The minimum atomic E-state index is -3.60. The first-order valence-corrected chi connectivity index (χ1v) is 7.70. The summed E-state index contributed by atoms with van der Waals surface area (Å²) in [6.45, 7) is 3.56. The third kappa shape index (κ3) is 3.18. The maximum Gasteiger partial charge on any atom is 0.262 e. The summed E-state index contributed by atoms with van der Waals surface area (Å²) in [5.41, 5.74) is 2.81. The lowest BCUT2D eigenvalue weighted by Crippen LogP contribution is -2.14. The number of aryl methyl sites for hydroxylation is 2. The predicted octanol–water partition coefficient (Wildman–Crippen LogP) is 2.60. The summed E-state index contributed by atoms with van der Waals surface area (Å²) in [6, 6.07) is 12.0. The van der Waals surface area contributed by atoms with Gasteiger partial charge in [0.15, 0.2) is 0 Å². The van der Waals surface area contributed by atoms with Crippen molar-refractivity contribution < 1.29 is 13.5 Å². The molecule has 0 fully saturated rings. The van der Waals surface area contributed by atoms with E-state index in [2.05, 4.69) is 4.72 Å². The van der Waals surface area contributed by atoms with Crippen molar-refractivity contribution in [3.63, 3.8) is 0 Å². The van der Waals surface area contributed by atoms with Crippen LogP contribution in [0.1, 0.15) is 16.7 Å². The summed E-state index contributed by atoms with van der Waals surface area (Å²) in [7, 11) is -3.60. The van der Waals surface area contributed by atoms with Crippen LogP contribution in [0, 0.1) is 13.8 Å². The summed E-state index contributed by atoms with van der Waals surface area (Å²) >= 11 is 0. The Bertz CT molecular complexity index is 706. The van der Waals surface area contributed by atoms with Crippen LogP contribution in [0.3, 0.4) is 0 Å². The standard InChI is InChI=1S/C15H17NO3S/c1-11-3-4-12(2)15(9-11)20(18,19)16-14-7-5-13(10-17)6-8-14/h3-9,16-17H,10H2,1-2H3. The van der Waals surface area contributed by atoms with Gasteiger partial charge in [-0.2, -0.15) is 0 Å². The van der Waals surface area contributed by atoms with Crippen molar-refractivity contribution in [2.45, 2.75) is 25.3 Å². The predicted molar refractivity (Wildman–Crippen MR) is 79.1 cm³/mol. The fraction of sp³-hybridized carbons (Fsp3) is 0.200. The zero-order valence-electron chi connectivity index (χ0n) is 11.4. The van der Waals surface area contributed by atoms with Gasteiger partial charge in [0, 0.05) is 5.69 Å². The van der Waals surface area contributed by atoms with E-state index in [0.29, 0.717) is 11.3 Å². The molecule has 0 aliphatic heterocycles. The van der Waals surface area contributed by atoms with E-state index in [9.17, 15) is 8.42 Å². The molecule has 0 spiro atoms. The SMILES string of the molecule is Cc1ccc(C)c(S(=O)(=O)Nc2ccc(CO)cc2)c1. The molecule has 0 saturated carbocycles. The maximum absolute atomic E-state index is 12.4. The zero-order chi connectivity index (χ0) is 14.8. The van der Waals surface area contributed by atoms with Gasteiger partial charge in [-0.25, -0.2) is 8.42 Å². The Kier molecular flexibility index (Phi) is 4.11. The number of benzene rings is 2. The largest absolute Gasteiger partial charge is 0.392 e. The molecule has 5 heteroatoms. The fourth-order valence-electron chi connectivity index (χ4n) is 1.89. The van der Waals surface area contributed by atoms with Crippen LogP contribution in [-0.2, 0) is 16.6 Å². The summed E-state index contributed by atoms with van der Waals surface area (Å²) in [5.74, 6) is 0. The summed E-state index contributed by atoms with van der Waals surface area (Å²) in [4.78, 5) is 0.281. The van der Waals surface area contributed by atoms with Crippen molar-refractivity contribution in [1.82, 2.24) is 0 Å². The van der Waals surface area contributed by atoms with Gasteiger partial charge in [0.25, 0.3) is 10.0 Å². The van der Waals surface area contributed by atoms with Gasteiger partial charge in [0.05, 0.1) is 11.5 Å². The van der Waals surface area contributed by atoms with E-state index in [1.54, 1.807) is 43.3 Å². The highest BCUT2D eigenvalue weighted by Gasteiger charge is 2.16. The van der Waals surface area contributed by atoms with Crippen molar-refractivity contribution in [2.24, 2.45) is 0 Å². The van der Waals surface area contributed by atoms with E-state index in [1.165, 1.54) is 0 Å². The lowest BCUT2D eigenvalue weighted by atomic mass is 10.2. The molecule has 2 N–H and O–H groups in total. The Balaban J connectivity index is 2.32. The van der Waals surface area contributed by atoms with Gasteiger partial charge in [0.1, 0.15) is 0 Å². The van der Waals surface area contributed by atoms with Crippen LogP contribution >= 0.6 is 0 Å². The number of nitrogens with one attached hydrogen (secondary N) is 1. The second-order valence-electron chi connectivity index (χ2n) is 4.73. The summed E-state index contributed by atoms with van der Waals surface area (Å²) in [5, 5.41) is 8.97. The van der Waals surface area contributed by atoms with E-state index < -0.39 is 10.0 Å². The monoisotopic (exact) mass is 291 g/mol. The molecule has 0 heterocycles. The van der Waals surface area contributed by atoms with E-state index in [4.69, 9.17) is 5.11 Å². The number of hydrogen-bond donors (Lipinski definition) is 2. The Morgan fingerprint density at radius 1 is 1.05 bits per heavy atom. The third-order valence-electron chi connectivity index (χ3n) is 3.02. The van der Waals surface area contributed by atoms with Gasteiger partial charge in [-0.1, -0.05) is 24.3 Å². The van der Waals surface area contributed by atoms with Crippen LogP contribution in [0.5, 0.6) is 0 Å². The first-order valence-electron chi connectivity index (χ1n) is 6.22. The van der Waals surface area contributed by atoms with Gasteiger partial charge in [-0.3, -0.25) is 4.72 Å². The number of anilines is 1. The molecule has 2 aromatic carbocycles. The Hall–Kier alpha value is -1.85. The van der Waals surface area contributed by atoms with Gasteiger partial charge >= 0.3 is 0 Å². The molecule has 0 amide bonds. The molecule has 106 valence electrons. The molecule has 0 aromatic heterocycles. The number of hydrogen-bond acceptors (Lipinski definition) is 3. The molecule has 0 radical (unpaired) electrons. The third-order valence-corrected chi connectivity index (χ3v) is 4.55. The zero-order valence-corrected chi connectivity index (χ0v) is 12.2. The molecule has 0 unspecified atom stereocenters. The van der Waals surface area contributed by atoms with E-state index in [-0.39, 0.29) is 11.5 Å². The minimum Gasteiger partial charge on any atom is -0.392 e. The van der Waals surface area contributed by atoms with Crippen LogP contribution in [-0.4, -0.2) is 13.5 Å². The minimum absolute atomic E-state index is 0.0655. The highest BCUT2D eigenvalue weighted by atomic mass is 32.2. The normalized spacial score (nSPS) is 11.3. The highest BCUT2D eigenvalue weighted by Crippen LogP contribution is 2.20. The van der Waals surface area contributed by atoms with Crippen LogP contribution in [0.2, 0.25) is 0 Å². The van der Waals surface area contributed by atoms with Crippen LogP contribution in [0.25, 0.3) is 0 Å². The number of sulfonamides is 1. The summed E-state index contributed by atoms with van der Waals surface area (Å²) < 4.78 is 27.3. The first kappa shape index (κ1) is 14.6. The van der Waals surface area contributed by atoms with Gasteiger partial charge in [-0.05, 0) is 48.7 Å². The smallest absolute Gasteiger partial charge is 0.262 e. The lowest BCUT2D eigenvalue weighted by molar-refractivity contribution is 0.282. The topological polar surface area (TPSA) is 66.4 Å². The number of aliphatic hydroxyl groups excluding tert-OH is 1. The second-order valence-corrected chi connectivity index (χ2v) is 6.38. The fourth-order valence-corrected chi connectivity index (χ4v) is 3.27. The van der Waals surface area contributed by atoms with Gasteiger partial charge in [0.2, 0.25) is 0 Å². The molecule has 0 aliphatic carbocycles. The van der Waals surface area contributed by atoms with Crippen molar-refractivity contribution in [3.8, 4) is 0 Å². The van der Waals surface area contributed by atoms with Crippen LogP contribution in [0.15, 0.2) is 47.4 Å². The molecule has 0 saturated heterocycles. The van der Waals surface area contributed by atoms with Crippen molar-refractivity contribution in [1.29, 1.82) is 0 Å². The quantitative estimate of drug-likeness (QED) is 0.910. The van der Waals surface area contributed by atoms with Crippen LogP contribution in [0.4, 0.5) is 5.69 Å². The first-order chi connectivity index (χ1) is 9.42. The molecule has 2 rings (SSSR count). The number of aliphatic hydroxyl groups is 1. The second kappa shape index (κ2) is 5.64. The van der Waals surface area contributed by atoms with Gasteiger partial charge in [-0.15, -0.1) is 0 Å². The average Bonchev–Trinajstić information content (AvgIpc) is 2.42. The molecular weight excluding hydrogens is 274 g/mol. The Labute approximate surface area is 119 Å². The molecule has 0 bridgehead atoms. The highest BCUT2D eigenvalue weighted by molar-refractivity contribution is 7.92. The number of rotatable bonds is 4. The molecular formula is C15H17NO3S. The van der Waals surface area contributed by atoms with Gasteiger partial charge < -0.3 is 5.11 Å². The molecule has 0 atom stereocenters. The van der Waals surface area contributed by atoms with Crippen molar-refractivity contribution in [3.05, 3.63) is 59.2 Å². The Morgan fingerprint density at radius 3 is 2.30 bits per heavy atom. The maximum atomic E-state index is 12.4. The average molecular weight is 291 g/mol. The molecule has 2 aromatic rings. The Morgan fingerprint density at radius 2 is 1.70 bits per heavy atom. The van der Waals surface area contributed by atoms with E-state index >= 15 is 0 Å². The van der Waals surface area contributed by atoms with Crippen molar-refractivity contribution in [2.75, 3.05) is 4.72 Å². The molecule has 0 aliphatic rings. The van der Waals surface area contributed by atoms with E-state index in [0.717, 1.165) is 11.1 Å². The van der Waals surface area contributed by atoms with E-state index in [1.807, 2.05) is 13.0 Å². The molecule has 20 heavy (non-hydrogen) atoms. The lowest BCUT2D eigenvalue weighted by Gasteiger charge is -2.11. The van der Waals surface area contributed by atoms with Crippen molar-refractivity contribution >= 4 is 15.7 Å². The molecule has 4 nitrogen and oxygen atoms in total.